The number of rotatable bonds is 5. The first-order valence-electron chi connectivity index (χ1n) is 9.29. The molecule has 1 aromatic heterocycles. The molecule has 1 saturated heterocycles. The number of aromatic nitrogens is 1. The lowest BCUT2D eigenvalue weighted by Gasteiger charge is -2.30. The summed E-state index contributed by atoms with van der Waals surface area (Å²) in [7, 11) is 3.34. The number of hydrogen-bond donors (Lipinski definition) is 1. The summed E-state index contributed by atoms with van der Waals surface area (Å²) in [6.45, 7) is 4.60. The minimum Gasteiger partial charge on any atom is -0.345 e. The maximum absolute atomic E-state index is 12.7. The van der Waals surface area contributed by atoms with Gasteiger partial charge in [-0.15, -0.1) is 11.3 Å². The van der Waals surface area contributed by atoms with Gasteiger partial charge < -0.3 is 10.2 Å². The highest BCUT2D eigenvalue weighted by atomic mass is 35.5. The van der Waals surface area contributed by atoms with Crippen molar-refractivity contribution in [2.45, 2.75) is 26.3 Å². The lowest BCUT2D eigenvalue weighted by Crippen LogP contribution is -2.37. The van der Waals surface area contributed by atoms with Crippen LogP contribution in [-0.2, 0) is 11.3 Å². The highest BCUT2D eigenvalue weighted by Crippen LogP contribution is 2.24. The lowest BCUT2D eigenvalue weighted by molar-refractivity contribution is -0.121. The summed E-state index contributed by atoms with van der Waals surface area (Å²) in [5.41, 5.74) is 2.09. The molecule has 0 bridgehead atoms. The Bertz CT molecular complexity index is 860. The molecule has 0 spiro atoms. The number of hydrogen-bond acceptors (Lipinski definition) is 5. The Kier molecular flexibility index (Phi) is 6.69. The van der Waals surface area contributed by atoms with Gasteiger partial charge in [-0.05, 0) is 51.1 Å². The second-order valence-electron chi connectivity index (χ2n) is 7.29. The fourth-order valence-corrected chi connectivity index (χ4v) is 4.12. The number of anilines is 1. The molecule has 0 unspecified atom stereocenters. The van der Waals surface area contributed by atoms with Crippen LogP contribution in [0.1, 0.15) is 33.9 Å². The van der Waals surface area contributed by atoms with E-state index in [-0.39, 0.29) is 17.7 Å². The van der Waals surface area contributed by atoms with Crippen molar-refractivity contribution in [3.63, 3.8) is 0 Å². The smallest absolute Gasteiger partial charge is 0.254 e. The van der Waals surface area contributed by atoms with Gasteiger partial charge in [-0.1, -0.05) is 11.6 Å². The quantitative estimate of drug-likeness (QED) is 0.801. The van der Waals surface area contributed by atoms with Gasteiger partial charge in [0.25, 0.3) is 5.91 Å². The molecular weight excluding hydrogens is 396 g/mol. The predicted molar refractivity (Wildman–Crippen MR) is 113 cm³/mol. The summed E-state index contributed by atoms with van der Waals surface area (Å²) in [6, 6.07) is 5.01. The Balaban J connectivity index is 1.56. The molecule has 0 saturated carbocycles. The first-order chi connectivity index (χ1) is 13.3. The molecule has 3 rings (SSSR count). The molecule has 2 heterocycles. The van der Waals surface area contributed by atoms with Crippen LogP contribution in [0, 0.1) is 12.8 Å². The lowest BCUT2D eigenvalue weighted by atomic mass is 9.95. The van der Waals surface area contributed by atoms with E-state index in [0.717, 1.165) is 43.2 Å². The molecule has 1 aliphatic rings. The van der Waals surface area contributed by atoms with E-state index in [1.165, 1.54) is 4.90 Å². The molecule has 8 heteroatoms. The highest BCUT2D eigenvalue weighted by Gasteiger charge is 2.25. The molecule has 28 heavy (non-hydrogen) atoms. The molecule has 0 radical (unpaired) electrons. The Morgan fingerprint density at radius 2 is 2.04 bits per heavy atom. The van der Waals surface area contributed by atoms with Gasteiger partial charge in [0, 0.05) is 37.6 Å². The minimum atomic E-state index is -0.188. The zero-order chi connectivity index (χ0) is 20.3. The zero-order valence-electron chi connectivity index (χ0n) is 16.4. The third-order valence-corrected chi connectivity index (χ3v) is 6.03. The van der Waals surface area contributed by atoms with E-state index >= 15 is 0 Å². The summed E-state index contributed by atoms with van der Waals surface area (Å²) < 4.78 is 0. The van der Waals surface area contributed by atoms with Gasteiger partial charge in [0.15, 0.2) is 0 Å². The Hall–Kier alpha value is -1.96. The van der Waals surface area contributed by atoms with Gasteiger partial charge in [-0.25, -0.2) is 4.98 Å². The van der Waals surface area contributed by atoms with Gasteiger partial charge in [0.05, 0.1) is 21.3 Å². The molecule has 0 atom stereocenters. The normalized spacial score (nSPS) is 15.4. The Morgan fingerprint density at radius 1 is 1.32 bits per heavy atom. The first kappa shape index (κ1) is 20.8. The largest absolute Gasteiger partial charge is 0.345 e. The number of carbonyl (C=O) groups excluding carboxylic acids is 2. The van der Waals surface area contributed by atoms with Crippen LogP contribution in [0.25, 0.3) is 0 Å². The second-order valence-corrected chi connectivity index (χ2v) is 8.76. The monoisotopic (exact) mass is 420 g/mol. The fourth-order valence-electron chi connectivity index (χ4n) is 3.32. The van der Waals surface area contributed by atoms with Crippen LogP contribution in [0.15, 0.2) is 23.6 Å². The number of nitrogens with one attached hydrogen (secondary N) is 1. The third-order valence-electron chi connectivity index (χ3n) is 4.88. The van der Waals surface area contributed by atoms with E-state index in [0.29, 0.717) is 16.3 Å². The van der Waals surface area contributed by atoms with Crippen molar-refractivity contribution in [1.29, 1.82) is 0 Å². The minimum absolute atomic E-state index is 0.00488. The average Bonchev–Trinajstić information content (AvgIpc) is 3.07. The molecule has 1 fully saturated rings. The average molecular weight is 421 g/mol. The molecular formula is C20H25ClN4O2S. The van der Waals surface area contributed by atoms with Crippen molar-refractivity contribution in [1.82, 2.24) is 14.8 Å². The first-order valence-corrected chi connectivity index (χ1v) is 10.5. The van der Waals surface area contributed by atoms with Gasteiger partial charge in [-0.3, -0.25) is 14.5 Å². The van der Waals surface area contributed by atoms with Crippen molar-refractivity contribution in [2.24, 2.45) is 5.92 Å². The second kappa shape index (κ2) is 9.03. The number of benzene rings is 1. The molecule has 150 valence electrons. The topological polar surface area (TPSA) is 65.5 Å². The van der Waals surface area contributed by atoms with Crippen LogP contribution in [-0.4, -0.2) is 53.8 Å². The molecule has 1 N–H and O–H groups in total. The number of amides is 2. The summed E-state index contributed by atoms with van der Waals surface area (Å²) in [6.07, 6.45) is 1.62. The van der Waals surface area contributed by atoms with E-state index in [2.05, 4.69) is 20.6 Å². The number of nitrogens with zero attached hydrogens (tertiary/aromatic N) is 3. The number of halogens is 1. The Morgan fingerprint density at radius 3 is 2.64 bits per heavy atom. The summed E-state index contributed by atoms with van der Waals surface area (Å²) in [5.74, 6) is -0.224. The van der Waals surface area contributed by atoms with Gasteiger partial charge in [0.1, 0.15) is 0 Å². The predicted octanol–water partition coefficient (Wildman–Crippen LogP) is 3.66. The van der Waals surface area contributed by atoms with E-state index < -0.39 is 0 Å². The number of likely N-dealkylation sites (tertiary alicyclic amines) is 1. The molecule has 1 aromatic carbocycles. The number of aryl methyl sites for hydroxylation is 1. The van der Waals surface area contributed by atoms with E-state index in [1.54, 1.807) is 43.6 Å². The highest BCUT2D eigenvalue weighted by molar-refractivity contribution is 7.09. The van der Waals surface area contributed by atoms with E-state index in [1.807, 2.05) is 6.92 Å². The molecule has 1 aliphatic heterocycles. The van der Waals surface area contributed by atoms with E-state index in [9.17, 15) is 9.59 Å². The number of piperidine rings is 1. The van der Waals surface area contributed by atoms with Crippen LogP contribution in [0.2, 0.25) is 5.02 Å². The van der Waals surface area contributed by atoms with Crippen molar-refractivity contribution >= 4 is 40.4 Å². The van der Waals surface area contributed by atoms with E-state index in [4.69, 9.17) is 11.6 Å². The van der Waals surface area contributed by atoms with Crippen molar-refractivity contribution in [3.8, 4) is 0 Å². The zero-order valence-corrected chi connectivity index (χ0v) is 17.9. The maximum atomic E-state index is 12.7. The fraction of sp³-hybridized carbons (Fsp3) is 0.450. The van der Waals surface area contributed by atoms with Crippen LogP contribution in [0.5, 0.6) is 0 Å². The number of thiazole rings is 1. The van der Waals surface area contributed by atoms with Gasteiger partial charge in [0.2, 0.25) is 5.91 Å². The van der Waals surface area contributed by atoms with Crippen LogP contribution >= 0.6 is 22.9 Å². The Labute approximate surface area is 174 Å². The van der Waals surface area contributed by atoms with Crippen molar-refractivity contribution in [3.05, 3.63) is 44.9 Å². The van der Waals surface area contributed by atoms with Gasteiger partial charge >= 0.3 is 0 Å². The molecule has 0 aliphatic carbocycles. The van der Waals surface area contributed by atoms with Gasteiger partial charge in [-0.2, -0.15) is 0 Å². The van der Waals surface area contributed by atoms with Crippen molar-refractivity contribution in [2.75, 3.05) is 32.5 Å². The number of carbonyl (C=O) groups is 2. The molecule has 2 aromatic rings. The molecule has 2 amide bonds. The standard InChI is InChI=1S/C20H25ClN4O2S/c1-13-22-16(12-28-13)11-25-8-6-14(7-9-25)19(26)23-15-4-5-18(21)17(10-15)20(27)24(2)3/h4-5,10,12,14H,6-9,11H2,1-3H3,(H,23,26). The van der Waals surface area contributed by atoms with Crippen LogP contribution in [0.4, 0.5) is 5.69 Å². The van der Waals surface area contributed by atoms with Crippen LogP contribution in [0.3, 0.4) is 0 Å². The SMILES string of the molecule is Cc1nc(CN2CCC(C(=O)Nc3ccc(Cl)c(C(=O)N(C)C)c3)CC2)cs1. The summed E-state index contributed by atoms with van der Waals surface area (Å²) in [5, 5.41) is 6.50. The van der Waals surface area contributed by atoms with Crippen molar-refractivity contribution < 1.29 is 9.59 Å². The maximum Gasteiger partial charge on any atom is 0.254 e. The van der Waals surface area contributed by atoms with Crippen LogP contribution < -0.4 is 5.32 Å². The summed E-state index contributed by atoms with van der Waals surface area (Å²) >= 11 is 7.80. The summed E-state index contributed by atoms with van der Waals surface area (Å²) in [4.78, 5) is 33.2. The molecule has 6 nitrogen and oxygen atoms in total. The third kappa shape index (κ3) is 5.10.